The van der Waals surface area contributed by atoms with E-state index in [1.807, 2.05) is 12.1 Å². The molecule has 0 bridgehead atoms. The van der Waals surface area contributed by atoms with Crippen LogP contribution in [0.5, 0.6) is 11.5 Å². The van der Waals surface area contributed by atoms with Crippen molar-refractivity contribution in [1.82, 2.24) is 0 Å². The van der Waals surface area contributed by atoms with Crippen molar-refractivity contribution in [3.05, 3.63) is 119 Å². The first-order valence-electron chi connectivity index (χ1n) is 10.2. The molecule has 0 atom stereocenters. The van der Waals surface area contributed by atoms with E-state index in [0.29, 0.717) is 6.61 Å². The van der Waals surface area contributed by atoms with E-state index >= 15 is 0 Å². The molecule has 0 aliphatic carbocycles. The van der Waals surface area contributed by atoms with E-state index in [2.05, 4.69) is 91.9 Å². The summed E-state index contributed by atoms with van der Waals surface area (Å²) in [7, 11) is 1.68. The molecular formula is C28H26O2. The first-order chi connectivity index (χ1) is 14.7. The Balaban J connectivity index is 1.33. The second kappa shape index (κ2) is 9.32. The molecule has 2 nitrogen and oxygen atoms in total. The molecular weight excluding hydrogens is 368 g/mol. The summed E-state index contributed by atoms with van der Waals surface area (Å²) in [6, 6.07) is 33.7. The number of methoxy groups -OCH3 is 1. The maximum absolute atomic E-state index is 5.97. The molecule has 0 unspecified atom stereocenters. The highest BCUT2D eigenvalue weighted by molar-refractivity contribution is 5.64. The Morgan fingerprint density at radius 3 is 1.57 bits per heavy atom. The van der Waals surface area contributed by atoms with Crippen LogP contribution in [0, 0.1) is 6.92 Å². The van der Waals surface area contributed by atoms with E-state index in [0.717, 1.165) is 23.5 Å². The fraction of sp³-hybridized carbons (Fsp3) is 0.143. The first-order valence-corrected chi connectivity index (χ1v) is 10.2. The number of hydrogen-bond donors (Lipinski definition) is 0. The van der Waals surface area contributed by atoms with Gasteiger partial charge in [-0.2, -0.15) is 0 Å². The molecule has 4 aromatic rings. The van der Waals surface area contributed by atoms with Gasteiger partial charge >= 0.3 is 0 Å². The Morgan fingerprint density at radius 2 is 1.00 bits per heavy atom. The lowest BCUT2D eigenvalue weighted by Gasteiger charge is -2.09. The first kappa shape index (κ1) is 19.8. The Kier molecular flexibility index (Phi) is 6.14. The molecule has 0 radical (unpaired) electrons. The number of hydrogen-bond acceptors (Lipinski definition) is 2. The van der Waals surface area contributed by atoms with E-state index < -0.39 is 0 Å². The number of ether oxygens (including phenoxy) is 2. The average molecular weight is 395 g/mol. The second-order valence-electron chi connectivity index (χ2n) is 7.52. The van der Waals surface area contributed by atoms with Gasteiger partial charge in [0, 0.05) is 0 Å². The van der Waals surface area contributed by atoms with Crippen molar-refractivity contribution in [3.63, 3.8) is 0 Å². The molecule has 0 aliphatic heterocycles. The highest BCUT2D eigenvalue weighted by Crippen LogP contribution is 2.23. The number of rotatable bonds is 7. The smallest absolute Gasteiger partial charge is 0.119 e. The van der Waals surface area contributed by atoms with Crippen molar-refractivity contribution in [2.75, 3.05) is 7.11 Å². The minimum atomic E-state index is 0.556. The van der Waals surface area contributed by atoms with Crippen LogP contribution in [0.15, 0.2) is 97.1 Å². The topological polar surface area (TPSA) is 18.5 Å². The lowest BCUT2D eigenvalue weighted by Crippen LogP contribution is -1.96. The molecule has 0 spiro atoms. The molecule has 0 fully saturated rings. The lowest BCUT2D eigenvalue weighted by atomic mass is 10.0. The largest absolute Gasteiger partial charge is 0.497 e. The van der Waals surface area contributed by atoms with Crippen molar-refractivity contribution >= 4 is 0 Å². The third kappa shape index (κ3) is 5.09. The van der Waals surface area contributed by atoms with Gasteiger partial charge in [0.1, 0.15) is 18.1 Å². The molecule has 0 N–H and O–H groups in total. The summed E-state index contributed by atoms with van der Waals surface area (Å²) < 4.78 is 11.2. The van der Waals surface area contributed by atoms with Crippen LogP contribution < -0.4 is 9.47 Å². The van der Waals surface area contributed by atoms with Gasteiger partial charge in [0.15, 0.2) is 0 Å². The summed E-state index contributed by atoms with van der Waals surface area (Å²) in [6.07, 6.45) is 0.938. The highest BCUT2D eigenvalue weighted by Gasteiger charge is 2.02. The van der Waals surface area contributed by atoms with Crippen LogP contribution in [0.1, 0.15) is 22.3 Å². The standard InChI is InChI=1S/C28H26O2/c1-21-3-5-22(6-4-21)19-23-9-15-28(16-10-23)30-20-24-7-11-25(12-8-24)26-13-17-27(29-2)18-14-26/h3-18H,19-20H2,1-2H3. The number of aryl methyl sites for hydroxylation is 1. The van der Waals surface area contributed by atoms with E-state index in [1.165, 1.54) is 27.8 Å². The maximum Gasteiger partial charge on any atom is 0.119 e. The van der Waals surface area contributed by atoms with Crippen molar-refractivity contribution in [1.29, 1.82) is 0 Å². The quantitative estimate of drug-likeness (QED) is 0.342. The van der Waals surface area contributed by atoms with E-state index in [4.69, 9.17) is 9.47 Å². The highest BCUT2D eigenvalue weighted by atomic mass is 16.5. The molecule has 0 aliphatic rings. The van der Waals surface area contributed by atoms with Gasteiger partial charge in [-0.3, -0.25) is 0 Å². The van der Waals surface area contributed by atoms with Gasteiger partial charge < -0.3 is 9.47 Å². The fourth-order valence-electron chi connectivity index (χ4n) is 3.39. The zero-order valence-electron chi connectivity index (χ0n) is 17.5. The summed E-state index contributed by atoms with van der Waals surface area (Å²) in [5.74, 6) is 1.76. The fourth-order valence-corrected chi connectivity index (χ4v) is 3.39. The third-order valence-electron chi connectivity index (χ3n) is 5.23. The summed E-state index contributed by atoms with van der Waals surface area (Å²) in [5, 5.41) is 0. The summed E-state index contributed by atoms with van der Waals surface area (Å²) in [6.45, 7) is 2.67. The SMILES string of the molecule is COc1ccc(-c2ccc(COc3ccc(Cc4ccc(C)cc4)cc3)cc2)cc1. The van der Waals surface area contributed by atoms with Gasteiger partial charge in [0.05, 0.1) is 7.11 Å². The van der Waals surface area contributed by atoms with Crippen LogP contribution in [-0.4, -0.2) is 7.11 Å². The van der Waals surface area contributed by atoms with Gasteiger partial charge in [-0.15, -0.1) is 0 Å². The molecule has 4 rings (SSSR count). The summed E-state index contributed by atoms with van der Waals surface area (Å²) in [4.78, 5) is 0. The summed E-state index contributed by atoms with van der Waals surface area (Å²) >= 11 is 0. The van der Waals surface area contributed by atoms with Crippen molar-refractivity contribution in [3.8, 4) is 22.6 Å². The molecule has 0 saturated carbocycles. The van der Waals surface area contributed by atoms with Crippen LogP contribution in [0.25, 0.3) is 11.1 Å². The van der Waals surface area contributed by atoms with Crippen molar-refractivity contribution < 1.29 is 9.47 Å². The van der Waals surface area contributed by atoms with Crippen molar-refractivity contribution in [2.45, 2.75) is 20.0 Å². The summed E-state index contributed by atoms with van der Waals surface area (Å²) in [5.41, 5.74) is 7.41. The minimum Gasteiger partial charge on any atom is -0.497 e. The molecule has 150 valence electrons. The van der Waals surface area contributed by atoms with Gasteiger partial charge in [-0.05, 0) is 65.4 Å². The van der Waals surface area contributed by atoms with Crippen LogP contribution >= 0.6 is 0 Å². The van der Waals surface area contributed by atoms with Crippen molar-refractivity contribution in [2.24, 2.45) is 0 Å². The van der Waals surface area contributed by atoms with Crippen LogP contribution in [-0.2, 0) is 13.0 Å². The van der Waals surface area contributed by atoms with Crippen LogP contribution in [0.2, 0.25) is 0 Å². The van der Waals surface area contributed by atoms with E-state index in [-0.39, 0.29) is 0 Å². The van der Waals surface area contributed by atoms with E-state index in [9.17, 15) is 0 Å². The molecule has 30 heavy (non-hydrogen) atoms. The zero-order valence-corrected chi connectivity index (χ0v) is 17.5. The van der Waals surface area contributed by atoms with Gasteiger partial charge in [0.25, 0.3) is 0 Å². The lowest BCUT2D eigenvalue weighted by molar-refractivity contribution is 0.306. The monoisotopic (exact) mass is 394 g/mol. The maximum atomic E-state index is 5.97. The normalized spacial score (nSPS) is 10.6. The molecule has 0 amide bonds. The average Bonchev–Trinajstić information content (AvgIpc) is 2.80. The minimum absolute atomic E-state index is 0.556. The Morgan fingerprint density at radius 1 is 0.533 bits per heavy atom. The van der Waals surface area contributed by atoms with Crippen LogP contribution in [0.3, 0.4) is 0 Å². The van der Waals surface area contributed by atoms with Gasteiger partial charge in [-0.1, -0.05) is 78.4 Å². The van der Waals surface area contributed by atoms with Gasteiger partial charge in [0.2, 0.25) is 0 Å². The predicted octanol–water partition coefficient (Wildman–Crippen LogP) is 6.84. The molecule has 0 heterocycles. The predicted molar refractivity (Wildman–Crippen MR) is 123 cm³/mol. The van der Waals surface area contributed by atoms with Crippen LogP contribution in [0.4, 0.5) is 0 Å². The Bertz CT molecular complexity index is 1060. The Hall–Kier alpha value is -3.52. The third-order valence-corrected chi connectivity index (χ3v) is 5.23. The van der Waals surface area contributed by atoms with E-state index in [1.54, 1.807) is 7.11 Å². The Labute approximate surface area is 178 Å². The second-order valence-corrected chi connectivity index (χ2v) is 7.52. The molecule has 2 heteroatoms. The molecule has 0 saturated heterocycles. The van der Waals surface area contributed by atoms with Gasteiger partial charge in [-0.25, -0.2) is 0 Å². The zero-order chi connectivity index (χ0) is 20.8. The number of benzene rings is 4. The molecule has 4 aromatic carbocycles. The molecule has 0 aromatic heterocycles.